The van der Waals surface area contributed by atoms with Crippen molar-refractivity contribution in [3.63, 3.8) is 0 Å². The van der Waals surface area contributed by atoms with Gasteiger partial charge in [0.05, 0.1) is 9.83 Å². The molecular weight excluding hydrogens is 320 g/mol. The Morgan fingerprint density at radius 2 is 1.95 bits per heavy atom. The van der Waals surface area contributed by atoms with Gasteiger partial charge in [0.2, 0.25) is 0 Å². The van der Waals surface area contributed by atoms with Crippen molar-refractivity contribution in [2.45, 2.75) is 31.2 Å². The molecule has 0 amide bonds. The first-order valence-corrected chi connectivity index (χ1v) is 8.25. The van der Waals surface area contributed by atoms with E-state index >= 15 is 0 Å². The van der Waals surface area contributed by atoms with E-state index in [-0.39, 0.29) is 6.04 Å². The molecule has 1 aromatic heterocycles. The van der Waals surface area contributed by atoms with E-state index in [1.54, 1.807) is 11.3 Å². The van der Waals surface area contributed by atoms with Gasteiger partial charge in [-0.05, 0) is 62.8 Å². The third kappa shape index (κ3) is 2.77. The van der Waals surface area contributed by atoms with E-state index in [9.17, 15) is 0 Å². The lowest BCUT2D eigenvalue weighted by atomic mass is 9.80. The minimum absolute atomic E-state index is 0.0676. The van der Waals surface area contributed by atoms with Crippen molar-refractivity contribution in [2.75, 3.05) is 0 Å². The number of rotatable bonds is 4. The third-order valence-electron chi connectivity index (χ3n) is 3.93. The molecule has 3 rings (SSSR count). The molecule has 1 aliphatic carbocycles. The maximum Gasteiger partial charge on any atom is 0.0718 e. The zero-order valence-corrected chi connectivity index (χ0v) is 13.0. The first-order chi connectivity index (χ1) is 9.28. The van der Waals surface area contributed by atoms with Crippen LogP contribution < -0.4 is 11.3 Å². The Hall–Kier alpha value is -0.680. The van der Waals surface area contributed by atoms with E-state index in [0.29, 0.717) is 0 Å². The highest BCUT2D eigenvalue weighted by molar-refractivity contribution is 9.11. The van der Waals surface area contributed by atoms with Gasteiger partial charge in [-0.3, -0.25) is 5.84 Å². The molecule has 1 aliphatic rings. The molecule has 1 atom stereocenters. The average molecular weight is 337 g/mol. The number of hydrazine groups is 1. The maximum absolute atomic E-state index is 5.72. The van der Waals surface area contributed by atoms with E-state index in [1.165, 1.54) is 36.0 Å². The van der Waals surface area contributed by atoms with Gasteiger partial charge in [0.15, 0.2) is 0 Å². The molecule has 1 fully saturated rings. The molecule has 0 bridgehead atoms. The van der Waals surface area contributed by atoms with E-state index in [1.807, 2.05) is 0 Å². The van der Waals surface area contributed by atoms with Crippen LogP contribution in [0, 0.1) is 0 Å². The van der Waals surface area contributed by atoms with Crippen molar-refractivity contribution < 1.29 is 0 Å². The predicted octanol–water partition coefficient (Wildman–Crippen LogP) is 4.33. The fourth-order valence-corrected chi connectivity index (χ4v) is 3.76. The zero-order valence-electron chi connectivity index (χ0n) is 10.6. The van der Waals surface area contributed by atoms with Crippen LogP contribution in [-0.4, -0.2) is 0 Å². The Morgan fingerprint density at radius 3 is 2.42 bits per heavy atom. The van der Waals surface area contributed by atoms with Crippen molar-refractivity contribution in [1.82, 2.24) is 5.43 Å². The van der Waals surface area contributed by atoms with Crippen molar-refractivity contribution in [3.05, 3.63) is 56.2 Å². The van der Waals surface area contributed by atoms with Crippen molar-refractivity contribution in [2.24, 2.45) is 5.84 Å². The number of halogens is 1. The third-order valence-corrected chi connectivity index (χ3v) is 5.46. The van der Waals surface area contributed by atoms with Gasteiger partial charge >= 0.3 is 0 Å². The summed E-state index contributed by atoms with van der Waals surface area (Å²) in [6, 6.07) is 11.1. The van der Waals surface area contributed by atoms with Gasteiger partial charge in [0, 0.05) is 0 Å². The van der Waals surface area contributed by atoms with Gasteiger partial charge in [-0.1, -0.05) is 30.7 Å². The summed E-state index contributed by atoms with van der Waals surface area (Å²) < 4.78 is 1.13. The van der Waals surface area contributed by atoms with Crippen LogP contribution in [0.2, 0.25) is 0 Å². The number of nitrogens with two attached hydrogens (primary N) is 1. The average Bonchev–Trinajstić information content (AvgIpc) is 2.77. The first-order valence-electron chi connectivity index (χ1n) is 6.58. The highest BCUT2D eigenvalue weighted by Crippen LogP contribution is 2.37. The molecule has 0 radical (unpaired) electrons. The summed E-state index contributed by atoms with van der Waals surface area (Å²) >= 11 is 5.18. The number of hydrogen-bond donors (Lipinski definition) is 2. The normalized spacial score (nSPS) is 17.2. The Labute approximate surface area is 126 Å². The number of hydrogen-bond acceptors (Lipinski definition) is 3. The summed E-state index contributed by atoms with van der Waals surface area (Å²) in [6.45, 7) is 0. The number of thiophene rings is 1. The van der Waals surface area contributed by atoms with Crippen LogP contribution in [0.1, 0.15) is 47.9 Å². The van der Waals surface area contributed by atoms with E-state index in [2.05, 4.69) is 57.1 Å². The predicted molar refractivity (Wildman–Crippen MR) is 84.2 cm³/mol. The topological polar surface area (TPSA) is 38.0 Å². The van der Waals surface area contributed by atoms with Gasteiger partial charge < -0.3 is 0 Å². The van der Waals surface area contributed by atoms with Crippen molar-refractivity contribution in [1.29, 1.82) is 0 Å². The van der Waals surface area contributed by atoms with Crippen LogP contribution in [0.25, 0.3) is 0 Å². The molecule has 4 heteroatoms. The second-order valence-electron chi connectivity index (χ2n) is 5.08. The Morgan fingerprint density at radius 1 is 1.21 bits per heavy atom. The minimum atomic E-state index is 0.0676. The molecule has 0 saturated heterocycles. The number of benzene rings is 1. The highest BCUT2D eigenvalue weighted by Gasteiger charge is 2.20. The summed E-state index contributed by atoms with van der Waals surface area (Å²) in [5.74, 6) is 6.51. The standard InChI is InChI=1S/C15H17BrN2S/c16-14-8-13(9-19-14)15(18-17)12-6-4-11(5-7-12)10-2-1-3-10/h4-10,15,18H,1-3,17H2. The second-order valence-corrected chi connectivity index (χ2v) is 7.37. The SMILES string of the molecule is NNC(c1ccc(C2CCC2)cc1)c1csc(Br)c1. The van der Waals surface area contributed by atoms with Crippen LogP contribution in [0.15, 0.2) is 39.5 Å². The van der Waals surface area contributed by atoms with E-state index in [4.69, 9.17) is 5.84 Å². The maximum atomic E-state index is 5.72. The van der Waals surface area contributed by atoms with Gasteiger partial charge in [-0.15, -0.1) is 11.3 Å². The molecule has 3 N–H and O–H groups in total. The Kier molecular flexibility index (Phi) is 4.03. The molecule has 0 spiro atoms. The van der Waals surface area contributed by atoms with Crippen LogP contribution >= 0.6 is 27.3 Å². The summed E-state index contributed by atoms with van der Waals surface area (Å²) in [6.07, 6.45) is 4.06. The molecule has 2 nitrogen and oxygen atoms in total. The van der Waals surface area contributed by atoms with Gasteiger partial charge in [-0.2, -0.15) is 0 Å². The fraction of sp³-hybridized carbons (Fsp3) is 0.333. The summed E-state index contributed by atoms with van der Waals surface area (Å²) in [4.78, 5) is 0. The molecule has 1 aromatic carbocycles. The first kappa shape index (κ1) is 13.3. The Bertz CT molecular complexity index is 546. The second kappa shape index (κ2) is 5.75. The molecule has 1 heterocycles. The molecule has 0 aliphatic heterocycles. The molecule has 1 saturated carbocycles. The van der Waals surface area contributed by atoms with E-state index < -0.39 is 0 Å². The minimum Gasteiger partial charge on any atom is -0.271 e. The molecular formula is C15H17BrN2S. The summed E-state index contributed by atoms with van der Waals surface area (Å²) in [5, 5.41) is 2.13. The highest BCUT2D eigenvalue weighted by atomic mass is 79.9. The quantitative estimate of drug-likeness (QED) is 0.644. The molecule has 19 heavy (non-hydrogen) atoms. The lowest BCUT2D eigenvalue weighted by Gasteiger charge is -2.26. The summed E-state index contributed by atoms with van der Waals surface area (Å²) in [7, 11) is 0. The lowest BCUT2D eigenvalue weighted by Crippen LogP contribution is -2.28. The zero-order chi connectivity index (χ0) is 13.2. The largest absolute Gasteiger partial charge is 0.271 e. The Balaban J connectivity index is 1.83. The van der Waals surface area contributed by atoms with Gasteiger partial charge in [-0.25, -0.2) is 5.43 Å². The summed E-state index contributed by atoms with van der Waals surface area (Å²) in [5.41, 5.74) is 6.80. The van der Waals surface area contributed by atoms with Gasteiger partial charge in [0.1, 0.15) is 0 Å². The number of nitrogens with one attached hydrogen (secondary N) is 1. The molecule has 2 aromatic rings. The van der Waals surface area contributed by atoms with Crippen LogP contribution in [0.3, 0.4) is 0 Å². The van der Waals surface area contributed by atoms with Crippen LogP contribution in [-0.2, 0) is 0 Å². The molecule has 100 valence electrons. The van der Waals surface area contributed by atoms with Crippen LogP contribution in [0.4, 0.5) is 0 Å². The van der Waals surface area contributed by atoms with Gasteiger partial charge in [0.25, 0.3) is 0 Å². The van der Waals surface area contributed by atoms with Crippen LogP contribution in [0.5, 0.6) is 0 Å². The molecule has 1 unspecified atom stereocenters. The lowest BCUT2D eigenvalue weighted by molar-refractivity contribution is 0.419. The fourth-order valence-electron chi connectivity index (χ4n) is 2.56. The monoisotopic (exact) mass is 336 g/mol. The van der Waals surface area contributed by atoms with Crippen molar-refractivity contribution >= 4 is 27.3 Å². The van der Waals surface area contributed by atoms with Crippen molar-refractivity contribution in [3.8, 4) is 0 Å². The van der Waals surface area contributed by atoms with E-state index in [0.717, 1.165) is 9.70 Å². The smallest absolute Gasteiger partial charge is 0.0718 e.